The molecule has 32 heavy (non-hydrogen) atoms. The summed E-state index contributed by atoms with van der Waals surface area (Å²) in [6.45, 7) is 7.77. The van der Waals surface area contributed by atoms with Crippen molar-refractivity contribution in [3.05, 3.63) is 41.5 Å². The van der Waals surface area contributed by atoms with Crippen molar-refractivity contribution in [3.8, 4) is 5.75 Å². The third-order valence-corrected chi connectivity index (χ3v) is 6.79. The number of rotatable bonds is 10. The molecule has 1 aromatic rings. The maximum absolute atomic E-state index is 12.0. The van der Waals surface area contributed by atoms with E-state index in [2.05, 4.69) is 15.4 Å². The number of piperidine rings is 1. The molecule has 7 heteroatoms. The first-order chi connectivity index (χ1) is 15.6. The van der Waals surface area contributed by atoms with E-state index in [0.29, 0.717) is 30.9 Å². The predicted octanol–water partition coefficient (Wildman–Crippen LogP) is 3.14. The number of amides is 1. The highest BCUT2D eigenvalue weighted by atomic mass is 16.6. The summed E-state index contributed by atoms with van der Waals surface area (Å²) in [6.07, 6.45) is 8.45. The fourth-order valence-electron chi connectivity index (χ4n) is 4.22. The SMILES string of the molecule is CC(=NOCCN1CCC2(CC1)CC2)c1ccc(OCC(=O)NCC2=CCOCC2)cc1. The van der Waals surface area contributed by atoms with Crippen LogP contribution in [0, 0.1) is 5.41 Å². The van der Waals surface area contributed by atoms with Gasteiger partial charge in [0, 0.05) is 13.1 Å². The van der Waals surface area contributed by atoms with Crippen LogP contribution in [0.3, 0.4) is 0 Å². The molecule has 7 nitrogen and oxygen atoms in total. The number of carbonyl (C=O) groups is 1. The number of oxime groups is 1. The molecule has 1 saturated carbocycles. The first-order valence-electron chi connectivity index (χ1n) is 11.8. The Morgan fingerprint density at radius 2 is 1.97 bits per heavy atom. The fourth-order valence-corrected chi connectivity index (χ4v) is 4.22. The molecule has 2 fully saturated rings. The monoisotopic (exact) mass is 441 g/mol. The summed E-state index contributed by atoms with van der Waals surface area (Å²) in [5.41, 5.74) is 3.72. The van der Waals surface area contributed by atoms with Crippen LogP contribution in [-0.2, 0) is 14.4 Å². The van der Waals surface area contributed by atoms with Crippen LogP contribution < -0.4 is 10.1 Å². The van der Waals surface area contributed by atoms with Crippen molar-refractivity contribution in [2.24, 2.45) is 10.6 Å². The average molecular weight is 442 g/mol. The summed E-state index contributed by atoms with van der Waals surface area (Å²) >= 11 is 0. The Kier molecular flexibility index (Phi) is 7.81. The van der Waals surface area contributed by atoms with Crippen LogP contribution in [0.25, 0.3) is 0 Å². The van der Waals surface area contributed by atoms with Crippen LogP contribution in [-0.4, -0.2) is 69.1 Å². The van der Waals surface area contributed by atoms with Gasteiger partial charge in [-0.3, -0.25) is 9.69 Å². The second-order valence-electron chi connectivity index (χ2n) is 9.13. The number of benzene rings is 1. The van der Waals surface area contributed by atoms with Crippen LogP contribution in [0.5, 0.6) is 5.75 Å². The Labute approximate surface area is 190 Å². The lowest BCUT2D eigenvalue weighted by atomic mass is 9.94. The van der Waals surface area contributed by atoms with E-state index in [1.165, 1.54) is 44.3 Å². The van der Waals surface area contributed by atoms with Gasteiger partial charge in [-0.05, 0) is 87.4 Å². The Morgan fingerprint density at radius 1 is 1.19 bits per heavy atom. The Balaban J connectivity index is 1.12. The standard InChI is InChI=1S/C25H35N3O4/c1-20(27-32-17-14-28-12-10-25(8-9-25)11-13-28)22-2-4-23(5-3-22)31-19-24(29)26-18-21-6-15-30-16-7-21/h2-6H,7-19H2,1H3,(H,26,29). The molecule has 1 aliphatic carbocycles. The molecule has 1 amide bonds. The second-order valence-corrected chi connectivity index (χ2v) is 9.13. The molecule has 1 N–H and O–H groups in total. The first-order valence-corrected chi connectivity index (χ1v) is 11.8. The van der Waals surface area contributed by atoms with Gasteiger partial charge in [0.25, 0.3) is 5.91 Å². The van der Waals surface area contributed by atoms with Crippen molar-refractivity contribution in [2.75, 3.05) is 52.6 Å². The summed E-state index contributed by atoms with van der Waals surface area (Å²) in [7, 11) is 0. The van der Waals surface area contributed by atoms with Crippen molar-refractivity contribution < 1.29 is 19.1 Å². The molecule has 2 heterocycles. The molecule has 1 saturated heterocycles. The number of nitrogens with zero attached hydrogens (tertiary/aromatic N) is 2. The fraction of sp³-hybridized carbons (Fsp3) is 0.600. The summed E-state index contributed by atoms with van der Waals surface area (Å²) in [5, 5.41) is 7.15. The molecule has 0 atom stereocenters. The maximum atomic E-state index is 12.0. The average Bonchev–Trinajstić information content (AvgIpc) is 3.60. The highest BCUT2D eigenvalue weighted by molar-refractivity contribution is 5.98. The molecule has 0 aromatic heterocycles. The summed E-state index contributed by atoms with van der Waals surface area (Å²) in [5.74, 6) is 0.523. The van der Waals surface area contributed by atoms with E-state index >= 15 is 0 Å². The number of nitrogens with one attached hydrogen (secondary N) is 1. The van der Waals surface area contributed by atoms with E-state index in [0.717, 1.165) is 30.8 Å². The highest BCUT2D eigenvalue weighted by Gasteiger charge is 2.44. The van der Waals surface area contributed by atoms with Crippen LogP contribution in [0.4, 0.5) is 0 Å². The van der Waals surface area contributed by atoms with Crippen LogP contribution in [0.2, 0.25) is 0 Å². The van der Waals surface area contributed by atoms with Crippen LogP contribution in [0.1, 0.15) is 44.6 Å². The largest absolute Gasteiger partial charge is 0.484 e. The number of likely N-dealkylation sites (tertiary alicyclic amines) is 1. The quantitative estimate of drug-likeness (QED) is 0.261. The van der Waals surface area contributed by atoms with Gasteiger partial charge in [0.05, 0.1) is 18.9 Å². The molecule has 3 aliphatic rings. The summed E-state index contributed by atoms with van der Waals surface area (Å²) < 4.78 is 10.9. The molecular formula is C25H35N3O4. The highest BCUT2D eigenvalue weighted by Crippen LogP contribution is 2.53. The summed E-state index contributed by atoms with van der Waals surface area (Å²) in [6, 6.07) is 7.57. The van der Waals surface area contributed by atoms with Crippen molar-refractivity contribution in [2.45, 2.75) is 39.0 Å². The topological polar surface area (TPSA) is 72.4 Å². The van der Waals surface area contributed by atoms with Gasteiger partial charge in [0.15, 0.2) is 6.61 Å². The van der Waals surface area contributed by atoms with E-state index in [1.807, 2.05) is 37.3 Å². The Bertz CT molecular complexity index is 820. The lowest BCUT2D eigenvalue weighted by Gasteiger charge is -2.31. The maximum Gasteiger partial charge on any atom is 0.258 e. The van der Waals surface area contributed by atoms with Gasteiger partial charge in [-0.2, -0.15) is 0 Å². The molecular weight excluding hydrogens is 406 g/mol. The molecule has 1 aromatic carbocycles. The second kappa shape index (κ2) is 11.0. The van der Waals surface area contributed by atoms with Crippen LogP contribution in [0.15, 0.2) is 41.1 Å². The van der Waals surface area contributed by atoms with Crippen molar-refractivity contribution in [1.29, 1.82) is 0 Å². The third-order valence-electron chi connectivity index (χ3n) is 6.79. The minimum atomic E-state index is -0.131. The zero-order valence-corrected chi connectivity index (χ0v) is 19.1. The zero-order chi connectivity index (χ0) is 22.2. The normalized spacial score (nSPS) is 20.5. The minimum Gasteiger partial charge on any atom is -0.484 e. The van der Waals surface area contributed by atoms with Gasteiger partial charge in [0.2, 0.25) is 0 Å². The molecule has 174 valence electrons. The van der Waals surface area contributed by atoms with E-state index in [-0.39, 0.29) is 12.5 Å². The number of carbonyl (C=O) groups excluding carboxylic acids is 1. The molecule has 4 rings (SSSR count). The summed E-state index contributed by atoms with van der Waals surface area (Å²) in [4.78, 5) is 20.0. The lowest BCUT2D eigenvalue weighted by Crippen LogP contribution is -2.36. The molecule has 0 bridgehead atoms. The zero-order valence-electron chi connectivity index (χ0n) is 19.1. The third kappa shape index (κ3) is 6.81. The van der Waals surface area contributed by atoms with Gasteiger partial charge in [-0.15, -0.1) is 0 Å². The smallest absolute Gasteiger partial charge is 0.258 e. The number of hydrogen-bond acceptors (Lipinski definition) is 6. The molecule has 0 radical (unpaired) electrons. The minimum absolute atomic E-state index is 0.00305. The van der Waals surface area contributed by atoms with Gasteiger partial charge >= 0.3 is 0 Å². The van der Waals surface area contributed by atoms with Gasteiger partial charge in [-0.25, -0.2) is 0 Å². The Hall–Kier alpha value is -2.38. The van der Waals surface area contributed by atoms with Crippen molar-refractivity contribution in [1.82, 2.24) is 10.2 Å². The predicted molar refractivity (Wildman–Crippen MR) is 124 cm³/mol. The number of hydrogen-bond donors (Lipinski definition) is 1. The van der Waals surface area contributed by atoms with E-state index < -0.39 is 0 Å². The van der Waals surface area contributed by atoms with E-state index in [4.69, 9.17) is 14.3 Å². The van der Waals surface area contributed by atoms with E-state index in [1.54, 1.807) is 0 Å². The van der Waals surface area contributed by atoms with Gasteiger partial charge in [0.1, 0.15) is 12.4 Å². The first kappa shape index (κ1) is 22.8. The molecule has 0 unspecified atom stereocenters. The molecule has 1 spiro atoms. The van der Waals surface area contributed by atoms with Crippen molar-refractivity contribution >= 4 is 11.6 Å². The number of ether oxygens (including phenoxy) is 2. The van der Waals surface area contributed by atoms with Gasteiger partial charge in [-0.1, -0.05) is 16.8 Å². The van der Waals surface area contributed by atoms with Crippen LogP contribution >= 0.6 is 0 Å². The Morgan fingerprint density at radius 3 is 2.66 bits per heavy atom. The molecule has 2 aliphatic heterocycles. The van der Waals surface area contributed by atoms with E-state index in [9.17, 15) is 4.79 Å². The lowest BCUT2D eigenvalue weighted by molar-refractivity contribution is -0.122. The van der Waals surface area contributed by atoms with Gasteiger partial charge < -0.3 is 19.6 Å². The van der Waals surface area contributed by atoms with Crippen molar-refractivity contribution in [3.63, 3.8) is 0 Å².